The molecule has 1 atom stereocenters. The van der Waals surface area contributed by atoms with Crippen molar-refractivity contribution >= 4 is 49.2 Å². The van der Waals surface area contributed by atoms with Crippen LogP contribution in [0.5, 0.6) is 0 Å². The molecule has 0 saturated carbocycles. The molecule has 0 spiro atoms. The van der Waals surface area contributed by atoms with E-state index in [2.05, 4.69) is 15.9 Å². The molecule has 0 aromatic heterocycles. The lowest BCUT2D eigenvalue weighted by molar-refractivity contribution is 0.342. The third kappa shape index (κ3) is 3.64. The van der Waals surface area contributed by atoms with Crippen LogP contribution in [0, 0.1) is 0 Å². The van der Waals surface area contributed by atoms with Gasteiger partial charge in [-0.05, 0) is 25.5 Å². The van der Waals surface area contributed by atoms with Crippen molar-refractivity contribution in [3.8, 4) is 0 Å². The van der Waals surface area contributed by atoms with Crippen LogP contribution in [0.4, 0.5) is 0 Å². The number of rotatable bonds is 5. The van der Waals surface area contributed by atoms with Crippen molar-refractivity contribution in [3.63, 3.8) is 0 Å². The lowest BCUT2D eigenvalue weighted by atomic mass is 10.3. The molecule has 1 aromatic rings. The summed E-state index contributed by atoms with van der Waals surface area (Å²) in [6.07, 6.45) is 0.721. The van der Waals surface area contributed by atoms with Gasteiger partial charge in [0.2, 0.25) is 10.0 Å². The Hall–Kier alpha value is 0.190. The minimum atomic E-state index is -3.69. The molecule has 1 rings (SSSR count). The molecule has 108 valence electrons. The average Bonchev–Trinajstić information content (AvgIpc) is 2.27. The largest absolute Gasteiger partial charge is 0.246 e. The Balaban J connectivity index is 3.42. The second-order valence-electron chi connectivity index (χ2n) is 4.16. The third-order valence-electron chi connectivity index (χ3n) is 2.92. The van der Waals surface area contributed by atoms with Crippen LogP contribution < -0.4 is 0 Å². The number of nitrogens with zero attached hydrogens (tertiary/aromatic N) is 1. The van der Waals surface area contributed by atoms with E-state index in [1.807, 2.05) is 13.8 Å². The summed E-state index contributed by atoms with van der Waals surface area (Å²) in [5.74, 6) is 0. The fourth-order valence-electron chi connectivity index (χ4n) is 1.81. The average molecular weight is 389 g/mol. The topological polar surface area (TPSA) is 37.4 Å². The lowest BCUT2D eigenvalue weighted by Crippen LogP contribution is -2.38. The van der Waals surface area contributed by atoms with Gasteiger partial charge in [0.25, 0.3) is 0 Å². The van der Waals surface area contributed by atoms with Gasteiger partial charge in [0.05, 0.1) is 10.0 Å². The molecule has 3 nitrogen and oxygen atoms in total. The summed E-state index contributed by atoms with van der Waals surface area (Å²) >= 11 is 15.3. The summed E-state index contributed by atoms with van der Waals surface area (Å²) in [5, 5.41) is 0.252. The molecule has 0 fully saturated rings. The first-order chi connectivity index (χ1) is 8.75. The molecule has 0 aliphatic rings. The van der Waals surface area contributed by atoms with Crippen molar-refractivity contribution in [2.75, 3.05) is 6.54 Å². The predicted octanol–water partition coefficient (Wildman–Crippen LogP) is 4.57. The monoisotopic (exact) mass is 387 g/mol. The molecular formula is C12H16BrCl2NO2S. The smallest absolute Gasteiger partial charge is 0.207 e. The van der Waals surface area contributed by atoms with Gasteiger partial charge in [-0.25, -0.2) is 8.42 Å². The van der Waals surface area contributed by atoms with E-state index < -0.39 is 10.0 Å². The van der Waals surface area contributed by atoms with E-state index in [1.165, 1.54) is 16.4 Å². The summed E-state index contributed by atoms with van der Waals surface area (Å²) in [5.41, 5.74) is 0. The second kappa shape index (κ2) is 6.76. The molecule has 1 aromatic carbocycles. The predicted molar refractivity (Wildman–Crippen MR) is 83.5 cm³/mol. The van der Waals surface area contributed by atoms with Crippen molar-refractivity contribution < 1.29 is 8.42 Å². The van der Waals surface area contributed by atoms with Gasteiger partial charge >= 0.3 is 0 Å². The molecule has 0 radical (unpaired) electrons. The van der Waals surface area contributed by atoms with Gasteiger partial charge < -0.3 is 0 Å². The molecule has 0 heterocycles. The SMILES string of the molecule is CCC(C)N(CC)S(=O)(=O)c1c(Cl)cc(Br)cc1Cl. The Morgan fingerprint density at radius 1 is 1.26 bits per heavy atom. The van der Waals surface area contributed by atoms with Crippen LogP contribution in [0.1, 0.15) is 27.2 Å². The third-order valence-corrected chi connectivity index (χ3v) is 6.39. The Kier molecular flexibility index (Phi) is 6.14. The fourth-order valence-corrected chi connectivity index (χ4v) is 5.42. The zero-order chi connectivity index (χ0) is 14.8. The quantitative estimate of drug-likeness (QED) is 0.740. The Morgan fingerprint density at radius 3 is 2.11 bits per heavy atom. The number of sulfonamides is 1. The summed E-state index contributed by atoms with van der Waals surface area (Å²) in [7, 11) is -3.69. The Labute approximate surface area is 133 Å². The van der Waals surface area contributed by atoms with Gasteiger partial charge in [-0.1, -0.05) is 53.0 Å². The highest BCUT2D eigenvalue weighted by Crippen LogP contribution is 2.35. The summed E-state index contributed by atoms with van der Waals surface area (Å²) < 4.78 is 27.4. The van der Waals surface area contributed by atoms with Crippen LogP contribution in [0.2, 0.25) is 10.0 Å². The van der Waals surface area contributed by atoms with Crippen molar-refractivity contribution in [2.24, 2.45) is 0 Å². The highest BCUT2D eigenvalue weighted by Gasteiger charge is 2.31. The zero-order valence-electron chi connectivity index (χ0n) is 11.0. The highest BCUT2D eigenvalue weighted by molar-refractivity contribution is 9.10. The minimum absolute atomic E-state index is 0.0267. The van der Waals surface area contributed by atoms with Crippen LogP contribution in [0.25, 0.3) is 0 Å². The first-order valence-corrected chi connectivity index (χ1v) is 8.90. The van der Waals surface area contributed by atoms with Gasteiger partial charge in [-0.3, -0.25) is 0 Å². The maximum atomic E-state index is 12.7. The van der Waals surface area contributed by atoms with E-state index in [-0.39, 0.29) is 21.0 Å². The number of halogens is 3. The van der Waals surface area contributed by atoms with Crippen LogP contribution in [0.15, 0.2) is 21.5 Å². The van der Waals surface area contributed by atoms with E-state index >= 15 is 0 Å². The van der Waals surface area contributed by atoms with E-state index in [0.29, 0.717) is 11.0 Å². The molecule has 19 heavy (non-hydrogen) atoms. The van der Waals surface area contributed by atoms with E-state index in [9.17, 15) is 8.42 Å². The first-order valence-electron chi connectivity index (χ1n) is 5.92. The highest BCUT2D eigenvalue weighted by atomic mass is 79.9. The van der Waals surface area contributed by atoms with Gasteiger partial charge in [0.15, 0.2) is 0 Å². The van der Waals surface area contributed by atoms with E-state index in [0.717, 1.165) is 6.42 Å². The second-order valence-corrected chi connectivity index (χ2v) is 7.72. The molecule has 0 aliphatic heterocycles. The van der Waals surface area contributed by atoms with Crippen molar-refractivity contribution in [1.29, 1.82) is 0 Å². The van der Waals surface area contributed by atoms with Crippen LogP contribution >= 0.6 is 39.1 Å². The van der Waals surface area contributed by atoms with Crippen LogP contribution in [0.3, 0.4) is 0 Å². The lowest BCUT2D eigenvalue weighted by Gasteiger charge is -2.27. The van der Waals surface area contributed by atoms with Crippen LogP contribution in [-0.4, -0.2) is 25.3 Å². The molecule has 7 heteroatoms. The molecule has 0 saturated heterocycles. The molecule has 0 amide bonds. The first kappa shape index (κ1) is 17.2. The fraction of sp³-hybridized carbons (Fsp3) is 0.500. The summed E-state index contributed by atoms with van der Waals surface area (Å²) in [4.78, 5) is -0.0267. The minimum Gasteiger partial charge on any atom is -0.207 e. The van der Waals surface area contributed by atoms with E-state index in [4.69, 9.17) is 23.2 Å². The summed E-state index contributed by atoms with van der Waals surface area (Å²) in [6, 6.07) is 2.96. The normalized spacial score (nSPS) is 13.8. The number of hydrogen-bond donors (Lipinski definition) is 0. The van der Waals surface area contributed by atoms with Crippen molar-refractivity contribution in [3.05, 3.63) is 26.7 Å². The van der Waals surface area contributed by atoms with Crippen molar-refractivity contribution in [2.45, 2.75) is 38.1 Å². The van der Waals surface area contributed by atoms with Gasteiger partial charge in [-0.15, -0.1) is 0 Å². The Morgan fingerprint density at radius 2 is 1.74 bits per heavy atom. The maximum absolute atomic E-state index is 12.7. The maximum Gasteiger partial charge on any atom is 0.246 e. The van der Waals surface area contributed by atoms with Crippen LogP contribution in [-0.2, 0) is 10.0 Å². The van der Waals surface area contributed by atoms with Crippen molar-refractivity contribution in [1.82, 2.24) is 4.31 Å². The summed E-state index contributed by atoms with van der Waals surface area (Å²) in [6.45, 7) is 5.97. The number of benzene rings is 1. The molecule has 0 N–H and O–H groups in total. The molecule has 0 aliphatic carbocycles. The van der Waals surface area contributed by atoms with Gasteiger partial charge in [0.1, 0.15) is 4.90 Å². The zero-order valence-corrected chi connectivity index (χ0v) is 14.9. The Bertz CT molecular complexity index is 540. The molecule has 0 bridgehead atoms. The van der Waals surface area contributed by atoms with Gasteiger partial charge in [0, 0.05) is 17.1 Å². The number of hydrogen-bond acceptors (Lipinski definition) is 2. The van der Waals surface area contributed by atoms with Gasteiger partial charge in [-0.2, -0.15) is 4.31 Å². The molecule has 1 unspecified atom stereocenters. The van der Waals surface area contributed by atoms with E-state index in [1.54, 1.807) is 6.92 Å². The molecular weight excluding hydrogens is 373 g/mol. The standard InChI is InChI=1S/C12H16BrCl2NO2S/c1-4-8(3)16(5-2)19(17,18)12-10(14)6-9(13)7-11(12)15/h6-8H,4-5H2,1-3H3.